The standard InChI is InChI=1S/C20H30N4O5S/c1-14(2)19-12-24(23-21-19)11-10-16-6-9-18(20(13-25)29-16)22-30(26,27)17-7-4-15(28-3)5-8-17/h4-5,7-8,12,14,16,18,20,22,25H,6,9-11,13H2,1-3H3/t16-,18-,20+/m0/s1. The Bertz CT molecular complexity index is 914. The highest BCUT2D eigenvalue weighted by Crippen LogP contribution is 2.24. The highest BCUT2D eigenvalue weighted by Gasteiger charge is 2.34. The van der Waals surface area contributed by atoms with E-state index >= 15 is 0 Å². The van der Waals surface area contributed by atoms with Crippen molar-refractivity contribution < 1.29 is 23.0 Å². The summed E-state index contributed by atoms with van der Waals surface area (Å²) in [7, 11) is -2.20. The molecule has 3 atom stereocenters. The molecular formula is C20H30N4O5S. The van der Waals surface area contributed by atoms with E-state index in [4.69, 9.17) is 9.47 Å². The van der Waals surface area contributed by atoms with Crippen molar-refractivity contribution in [2.24, 2.45) is 0 Å². The fourth-order valence-corrected chi connectivity index (χ4v) is 4.76. The van der Waals surface area contributed by atoms with Crippen LogP contribution in [0.2, 0.25) is 0 Å². The second kappa shape index (κ2) is 9.86. The maximum absolute atomic E-state index is 12.7. The number of ether oxygens (including phenoxy) is 2. The third-order valence-electron chi connectivity index (χ3n) is 5.30. The lowest BCUT2D eigenvalue weighted by Crippen LogP contribution is -2.50. The van der Waals surface area contributed by atoms with Crippen LogP contribution in [0, 0.1) is 0 Å². The summed E-state index contributed by atoms with van der Waals surface area (Å²) < 4.78 is 40.9. The van der Waals surface area contributed by atoms with Crippen molar-refractivity contribution in [2.75, 3.05) is 13.7 Å². The number of hydrogen-bond donors (Lipinski definition) is 2. The second-order valence-corrected chi connectivity index (χ2v) is 9.52. The van der Waals surface area contributed by atoms with Crippen LogP contribution in [0.1, 0.15) is 44.7 Å². The zero-order chi connectivity index (χ0) is 21.7. The van der Waals surface area contributed by atoms with Crippen LogP contribution in [0.4, 0.5) is 0 Å². The minimum absolute atomic E-state index is 0.0735. The molecule has 2 N–H and O–H groups in total. The van der Waals surface area contributed by atoms with Crippen molar-refractivity contribution in [1.29, 1.82) is 0 Å². The summed E-state index contributed by atoms with van der Waals surface area (Å²) in [4.78, 5) is 0.147. The van der Waals surface area contributed by atoms with E-state index in [9.17, 15) is 13.5 Å². The van der Waals surface area contributed by atoms with E-state index in [1.54, 1.807) is 16.8 Å². The summed E-state index contributed by atoms with van der Waals surface area (Å²) >= 11 is 0. The van der Waals surface area contributed by atoms with Gasteiger partial charge in [-0.3, -0.25) is 4.68 Å². The van der Waals surface area contributed by atoms with Gasteiger partial charge in [-0.15, -0.1) is 5.10 Å². The molecule has 0 saturated carbocycles. The summed E-state index contributed by atoms with van der Waals surface area (Å²) in [5, 5.41) is 18.0. The molecule has 1 aromatic carbocycles. The van der Waals surface area contributed by atoms with E-state index < -0.39 is 22.2 Å². The molecule has 2 aromatic rings. The molecule has 9 nitrogen and oxygen atoms in total. The molecule has 1 aliphatic heterocycles. The molecule has 0 radical (unpaired) electrons. The third-order valence-corrected chi connectivity index (χ3v) is 6.81. The number of hydrogen-bond acceptors (Lipinski definition) is 7. The van der Waals surface area contributed by atoms with Gasteiger partial charge in [0.15, 0.2) is 0 Å². The van der Waals surface area contributed by atoms with Crippen molar-refractivity contribution >= 4 is 10.0 Å². The van der Waals surface area contributed by atoms with Gasteiger partial charge in [0.2, 0.25) is 10.0 Å². The van der Waals surface area contributed by atoms with Crippen LogP contribution in [0.15, 0.2) is 35.4 Å². The fourth-order valence-electron chi connectivity index (χ4n) is 3.46. The summed E-state index contributed by atoms with van der Waals surface area (Å²) in [5.74, 6) is 0.904. The van der Waals surface area contributed by atoms with Crippen LogP contribution >= 0.6 is 0 Å². The van der Waals surface area contributed by atoms with E-state index in [1.165, 1.54) is 19.2 Å². The number of nitrogens with zero attached hydrogens (tertiary/aromatic N) is 3. The molecule has 0 spiro atoms. The van der Waals surface area contributed by atoms with E-state index in [-0.39, 0.29) is 17.6 Å². The molecule has 10 heteroatoms. The van der Waals surface area contributed by atoms with Crippen molar-refractivity contribution in [3.8, 4) is 5.75 Å². The van der Waals surface area contributed by atoms with Crippen LogP contribution < -0.4 is 9.46 Å². The highest BCUT2D eigenvalue weighted by molar-refractivity contribution is 7.89. The largest absolute Gasteiger partial charge is 0.497 e. The second-order valence-electron chi connectivity index (χ2n) is 7.81. The average molecular weight is 439 g/mol. The zero-order valence-electron chi connectivity index (χ0n) is 17.6. The van der Waals surface area contributed by atoms with Crippen LogP contribution in [0.25, 0.3) is 0 Å². The predicted molar refractivity (Wildman–Crippen MR) is 111 cm³/mol. The Hall–Kier alpha value is -2.01. The molecule has 2 heterocycles. The van der Waals surface area contributed by atoms with Gasteiger partial charge in [0, 0.05) is 12.7 Å². The zero-order valence-corrected chi connectivity index (χ0v) is 18.4. The Labute approximate surface area is 177 Å². The monoisotopic (exact) mass is 438 g/mol. The lowest BCUT2D eigenvalue weighted by Gasteiger charge is -2.36. The smallest absolute Gasteiger partial charge is 0.240 e. The van der Waals surface area contributed by atoms with Crippen LogP contribution in [-0.4, -0.2) is 60.5 Å². The Morgan fingerprint density at radius 2 is 2.03 bits per heavy atom. The summed E-state index contributed by atoms with van der Waals surface area (Å²) in [6.45, 7) is 4.53. The van der Waals surface area contributed by atoms with E-state index in [2.05, 4.69) is 28.9 Å². The number of aryl methyl sites for hydroxylation is 1. The minimum atomic E-state index is -3.73. The van der Waals surface area contributed by atoms with Gasteiger partial charge in [-0.1, -0.05) is 19.1 Å². The van der Waals surface area contributed by atoms with Gasteiger partial charge in [-0.05, 0) is 49.4 Å². The summed E-state index contributed by atoms with van der Waals surface area (Å²) in [5.41, 5.74) is 0.945. The van der Waals surface area contributed by atoms with E-state index in [1.807, 2.05) is 6.20 Å². The topological polar surface area (TPSA) is 116 Å². The first-order chi connectivity index (χ1) is 14.3. The number of aromatic nitrogens is 3. The first-order valence-corrected chi connectivity index (χ1v) is 11.6. The van der Waals surface area contributed by atoms with Crippen molar-refractivity contribution in [3.05, 3.63) is 36.2 Å². The van der Waals surface area contributed by atoms with Crippen molar-refractivity contribution in [2.45, 2.75) is 68.7 Å². The lowest BCUT2D eigenvalue weighted by atomic mass is 9.98. The molecule has 0 bridgehead atoms. The number of benzene rings is 1. The molecule has 0 amide bonds. The number of rotatable bonds is 9. The van der Waals surface area contributed by atoms with Crippen LogP contribution in [0.5, 0.6) is 5.75 Å². The molecule has 3 rings (SSSR count). The maximum atomic E-state index is 12.7. The van der Waals surface area contributed by atoms with Gasteiger partial charge in [-0.25, -0.2) is 13.1 Å². The molecule has 0 unspecified atom stereocenters. The van der Waals surface area contributed by atoms with Crippen LogP contribution in [0.3, 0.4) is 0 Å². The van der Waals surface area contributed by atoms with Gasteiger partial charge in [0.1, 0.15) is 5.75 Å². The molecule has 1 saturated heterocycles. The lowest BCUT2D eigenvalue weighted by molar-refractivity contribution is -0.0891. The van der Waals surface area contributed by atoms with Crippen molar-refractivity contribution in [3.63, 3.8) is 0 Å². The Balaban J connectivity index is 1.56. The number of sulfonamides is 1. The highest BCUT2D eigenvalue weighted by atomic mass is 32.2. The van der Waals surface area contributed by atoms with Crippen molar-refractivity contribution in [1.82, 2.24) is 19.7 Å². The van der Waals surface area contributed by atoms with E-state index in [0.717, 1.165) is 12.1 Å². The molecule has 0 aliphatic carbocycles. The first-order valence-electron chi connectivity index (χ1n) is 10.1. The van der Waals surface area contributed by atoms with Crippen LogP contribution in [-0.2, 0) is 21.3 Å². The Kier molecular flexibility index (Phi) is 7.45. The predicted octanol–water partition coefficient (Wildman–Crippen LogP) is 1.69. The molecule has 30 heavy (non-hydrogen) atoms. The average Bonchev–Trinajstić information content (AvgIpc) is 3.22. The Morgan fingerprint density at radius 3 is 2.63 bits per heavy atom. The normalized spacial score (nSPS) is 22.4. The Morgan fingerprint density at radius 1 is 1.30 bits per heavy atom. The van der Waals surface area contributed by atoms with Gasteiger partial charge in [0.05, 0.1) is 42.6 Å². The summed E-state index contributed by atoms with van der Waals surface area (Å²) in [6, 6.07) is 5.69. The number of nitrogens with one attached hydrogen (secondary N) is 1. The molecule has 1 fully saturated rings. The fraction of sp³-hybridized carbons (Fsp3) is 0.600. The number of methoxy groups -OCH3 is 1. The first kappa shape index (κ1) is 22.7. The molecule has 166 valence electrons. The number of aliphatic hydroxyl groups is 1. The molecule has 1 aromatic heterocycles. The van der Waals surface area contributed by atoms with Gasteiger partial charge >= 0.3 is 0 Å². The quantitative estimate of drug-likeness (QED) is 0.612. The molecular weight excluding hydrogens is 408 g/mol. The SMILES string of the molecule is COc1ccc(S(=O)(=O)N[C@H]2CC[C@@H](CCn3cc(C(C)C)nn3)O[C@@H]2CO)cc1. The third kappa shape index (κ3) is 5.57. The van der Waals surface area contributed by atoms with E-state index in [0.29, 0.717) is 31.1 Å². The minimum Gasteiger partial charge on any atom is -0.497 e. The summed E-state index contributed by atoms with van der Waals surface area (Å²) in [6.07, 6.45) is 3.25. The van der Waals surface area contributed by atoms with Gasteiger partial charge < -0.3 is 14.6 Å². The van der Waals surface area contributed by atoms with Gasteiger partial charge in [-0.2, -0.15) is 0 Å². The van der Waals surface area contributed by atoms with Gasteiger partial charge in [0.25, 0.3) is 0 Å². The molecule has 1 aliphatic rings. The maximum Gasteiger partial charge on any atom is 0.240 e. The number of aliphatic hydroxyl groups excluding tert-OH is 1.